The smallest absolute Gasteiger partial charge is 0.255 e. The lowest BCUT2D eigenvalue weighted by Crippen LogP contribution is -2.31. The summed E-state index contributed by atoms with van der Waals surface area (Å²) in [5, 5.41) is 3.28. The lowest BCUT2D eigenvalue weighted by atomic mass is 9.98. The molecule has 5 nitrogen and oxygen atoms in total. The first-order valence-corrected chi connectivity index (χ1v) is 8.97. The molecule has 1 aliphatic rings. The van der Waals surface area contributed by atoms with E-state index in [9.17, 15) is 4.79 Å². The third-order valence-electron chi connectivity index (χ3n) is 4.58. The largest absolute Gasteiger partial charge is 0.496 e. The Hall–Kier alpha value is -1.17. The van der Waals surface area contributed by atoms with Crippen molar-refractivity contribution in [3.63, 3.8) is 0 Å². The number of hydrogen-bond acceptors (Lipinski definition) is 4. The van der Waals surface area contributed by atoms with Gasteiger partial charge in [0.25, 0.3) is 5.91 Å². The van der Waals surface area contributed by atoms with E-state index >= 15 is 0 Å². The minimum atomic E-state index is -0.213. The normalized spacial score (nSPS) is 15.5. The Morgan fingerprint density at radius 2 is 2.08 bits per heavy atom. The Kier molecular flexibility index (Phi) is 9.39. The summed E-state index contributed by atoms with van der Waals surface area (Å²) in [4.78, 5) is 12.4. The van der Waals surface area contributed by atoms with Crippen LogP contribution >= 0.6 is 24.0 Å². The van der Waals surface area contributed by atoms with Crippen molar-refractivity contribution >= 4 is 35.6 Å². The zero-order valence-corrected chi connectivity index (χ0v) is 16.4. The van der Waals surface area contributed by atoms with Crippen molar-refractivity contribution in [3.05, 3.63) is 22.7 Å². The Labute approximate surface area is 161 Å². The molecule has 0 bridgehead atoms. The maximum absolute atomic E-state index is 12.4. The average Bonchev–Trinajstić information content (AvgIpc) is 3.10. The number of hydrogen-bond donors (Lipinski definition) is 2. The van der Waals surface area contributed by atoms with E-state index in [-0.39, 0.29) is 24.4 Å². The third kappa shape index (κ3) is 5.94. The van der Waals surface area contributed by atoms with Crippen molar-refractivity contribution in [2.24, 2.45) is 5.92 Å². The molecule has 0 saturated heterocycles. The topological polar surface area (TPSA) is 73.6 Å². The van der Waals surface area contributed by atoms with Gasteiger partial charge in [-0.1, -0.05) is 24.4 Å². The molecule has 25 heavy (non-hydrogen) atoms. The van der Waals surface area contributed by atoms with E-state index in [1.807, 2.05) is 6.92 Å². The number of carbonyl (C=O) groups is 1. The molecule has 1 amide bonds. The monoisotopic (exact) mass is 390 g/mol. The predicted octanol–water partition coefficient (Wildman–Crippen LogP) is 4.07. The van der Waals surface area contributed by atoms with Gasteiger partial charge in [0, 0.05) is 19.2 Å². The van der Waals surface area contributed by atoms with Crippen LogP contribution < -0.4 is 15.8 Å². The van der Waals surface area contributed by atoms with Crippen molar-refractivity contribution in [3.8, 4) is 5.75 Å². The number of methoxy groups -OCH3 is 1. The summed E-state index contributed by atoms with van der Waals surface area (Å²) in [5.74, 6) is 0.823. The molecule has 142 valence electrons. The van der Waals surface area contributed by atoms with Crippen molar-refractivity contribution < 1.29 is 14.3 Å². The van der Waals surface area contributed by atoms with Gasteiger partial charge in [0.1, 0.15) is 5.75 Å². The number of nitrogens with two attached hydrogens (primary N) is 1. The number of amides is 1. The quantitative estimate of drug-likeness (QED) is 0.656. The fourth-order valence-electron chi connectivity index (χ4n) is 3.34. The van der Waals surface area contributed by atoms with Crippen molar-refractivity contribution in [1.82, 2.24) is 5.32 Å². The van der Waals surface area contributed by atoms with Gasteiger partial charge in [0.05, 0.1) is 29.5 Å². The number of halogens is 2. The number of ether oxygens (including phenoxy) is 2. The summed E-state index contributed by atoms with van der Waals surface area (Å²) in [6.07, 6.45) is 6.04. The minimum Gasteiger partial charge on any atom is -0.496 e. The van der Waals surface area contributed by atoms with E-state index in [0.717, 1.165) is 6.42 Å². The Morgan fingerprint density at radius 1 is 1.40 bits per heavy atom. The number of anilines is 1. The van der Waals surface area contributed by atoms with Crippen LogP contribution in [0.3, 0.4) is 0 Å². The molecule has 1 fully saturated rings. The van der Waals surface area contributed by atoms with Crippen LogP contribution in [-0.4, -0.2) is 32.3 Å². The Balaban J connectivity index is 0.00000312. The molecular weight excluding hydrogens is 363 g/mol. The number of rotatable bonds is 8. The zero-order chi connectivity index (χ0) is 17.5. The van der Waals surface area contributed by atoms with Gasteiger partial charge in [-0.15, -0.1) is 12.4 Å². The lowest BCUT2D eigenvalue weighted by Gasteiger charge is -2.23. The van der Waals surface area contributed by atoms with E-state index < -0.39 is 0 Å². The van der Waals surface area contributed by atoms with Gasteiger partial charge in [0.2, 0.25) is 0 Å². The second-order valence-corrected chi connectivity index (χ2v) is 6.56. The molecule has 0 aromatic heterocycles. The SMILES string of the molecule is CCOC(CCNC(=O)c1cc(Cl)c(N)cc1OC)C1CCCC1.Cl. The molecule has 1 aromatic rings. The second-order valence-electron chi connectivity index (χ2n) is 6.16. The summed E-state index contributed by atoms with van der Waals surface area (Å²) in [7, 11) is 1.50. The molecule has 0 heterocycles. The molecule has 7 heteroatoms. The van der Waals surface area contributed by atoms with E-state index in [1.165, 1.54) is 32.8 Å². The van der Waals surface area contributed by atoms with Crippen LogP contribution in [0.25, 0.3) is 0 Å². The van der Waals surface area contributed by atoms with Gasteiger partial charge in [0.15, 0.2) is 0 Å². The molecule has 2 rings (SSSR count). The molecule has 0 radical (unpaired) electrons. The van der Waals surface area contributed by atoms with Crippen LogP contribution in [0.2, 0.25) is 5.02 Å². The summed E-state index contributed by atoms with van der Waals surface area (Å²) < 4.78 is 11.1. The standard InChI is InChI=1S/C18H27ClN2O3.ClH/c1-3-24-16(12-6-4-5-7-12)8-9-21-18(22)13-10-14(19)15(20)11-17(13)23-2;/h10-12,16H,3-9,20H2,1-2H3,(H,21,22);1H. The van der Waals surface area contributed by atoms with Crippen molar-refractivity contribution in [1.29, 1.82) is 0 Å². The van der Waals surface area contributed by atoms with E-state index in [4.69, 9.17) is 26.8 Å². The van der Waals surface area contributed by atoms with E-state index in [0.29, 0.717) is 41.1 Å². The fourth-order valence-corrected chi connectivity index (χ4v) is 3.50. The fraction of sp³-hybridized carbons (Fsp3) is 0.611. The molecule has 0 aliphatic heterocycles. The molecule has 1 saturated carbocycles. The molecule has 0 spiro atoms. The van der Waals surface area contributed by atoms with Crippen LogP contribution in [0.1, 0.15) is 49.4 Å². The molecule has 3 N–H and O–H groups in total. The minimum absolute atomic E-state index is 0. The molecule has 1 unspecified atom stereocenters. The second kappa shape index (κ2) is 10.7. The lowest BCUT2D eigenvalue weighted by molar-refractivity contribution is 0.0163. The first-order chi connectivity index (χ1) is 11.6. The highest BCUT2D eigenvalue weighted by molar-refractivity contribution is 6.33. The predicted molar refractivity (Wildman–Crippen MR) is 104 cm³/mol. The maximum atomic E-state index is 12.4. The highest BCUT2D eigenvalue weighted by Gasteiger charge is 2.25. The Bertz CT molecular complexity index is 563. The maximum Gasteiger partial charge on any atom is 0.255 e. The average molecular weight is 391 g/mol. The van der Waals surface area contributed by atoms with Crippen molar-refractivity contribution in [2.75, 3.05) is 26.0 Å². The van der Waals surface area contributed by atoms with Crippen molar-refractivity contribution in [2.45, 2.75) is 45.1 Å². The number of nitrogens with one attached hydrogen (secondary N) is 1. The van der Waals surface area contributed by atoms with Crippen LogP contribution in [0.4, 0.5) is 5.69 Å². The summed E-state index contributed by atoms with van der Waals surface area (Å²) >= 11 is 6.02. The summed E-state index contributed by atoms with van der Waals surface area (Å²) in [5.41, 5.74) is 6.53. The number of carbonyl (C=O) groups excluding carboxylic acids is 1. The van der Waals surface area contributed by atoms with Gasteiger partial charge >= 0.3 is 0 Å². The molecular formula is C18H28Cl2N2O3. The van der Waals surface area contributed by atoms with Crippen LogP contribution in [0, 0.1) is 5.92 Å². The Morgan fingerprint density at radius 3 is 2.68 bits per heavy atom. The summed E-state index contributed by atoms with van der Waals surface area (Å²) in [6.45, 7) is 3.28. The first-order valence-electron chi connectivity index (χ1n) is 8.59. The van der Waals surface area contributed by atoms with Gasteiger partial charge in [-0.2, -0.15) is 0 Å². The van der Waals surface area contributed by atoms with Gasteiger partial charge in [-0.25, -0.2) is 0 Å². The molecule has 1 aliphatic carbocycles. The van der Waals surface area contributed by atoms with Gasteiger partial charge < -0.3 is 20.5 Å². The van der Waals surface area contributed by atoms with Gasteiger partial charge in [-0.05, 0) is 38.2 Å². The first kappa shape index (κ1) is 21.9. The number of benzene rings is 1. The third-order valence-corrected chi connectivity index (χ3v) is 4.91. The van der Waals surface area contributed by atoms with E-state index in [1.54, 1.807) is 12.1 Å². The number of nitrogen functional groups attached to an aromatic ring is 1. The van der Waals surface area contributed by atoms with Gasteiger partial charge in [-0.3, -0.25) is 4.79 Å². The molecule has 1 aromatic carbocycles. The van der Waals surface area contributed by atoms with Crippen LogP contribution in [0.15, 0.2) is 12.1 Å². The molecule has 1 atom stereocenters. The summed E-state index contributed by atoms with van der Waals surface area (Å²) in [6, 6.07) is 3.11. The van der Waals surface area contributed by atoms with E-state index in [2.05, 4.69) is 5.32 Å². The zero-order valence-electron chi connectivity index (χ0n) is 14.8. The van der Waals surface area contributed by atoms with Crippen LogP contribution in [0.5, 0.6) is 5.75 Å². The highest BCUT2D eigenvalue weighted by Crippen LogP contribution is 2.31. The van der Waals surface area contributed by atoms with Crippen LogP contribution in [-0.2, 0) is 4.74 Å². The highest BCUT2D eigenvalue weighted by atomic mass is 35.5.